The van der Waals surface area contributed by atoms with E-state index in [2.05, 4.69) is 10.6 Å². The number of ether oxygens (including phenoxy) is 2. The lowest BCUT2D eigenvalue weighted by Crippen LogP contribution is -2.40. The number of hydrogen-bond donors (Lipinski definition) is 3. The number of anilines is 1. The third kappa shape index (κ3) is 4.53. The summed E-state index contributed by atoms with van der Waals surface area (Å²) in [5, 5.41) is 14.8. The molecule has 1 aromatic rings. The fourth-order valence-electron chi connectivity index (χ4n) is 2.22. The molecule has 0 spiro atoms. The molecule has 1 aliphatic rings. The minimum Gasteiger partial charge on any atom is -0.486 e. The molecule has 2 rings (SSSR count). The molecule has 1 heterocycles. The molecular weight excluding hydrogens is 272 g/mol. The van der Waals surface area contributed by atoms with E-state index in [1.54, 1.807) is 18.2 Å². The Balaban J connectivity index is 1.93. The maximum atomic E-state index is 11.9. The summed E-state index contributed by atoms with van der Waals surface area (Å²) in [6.07, 6.45) is 0.727. The molecule has 0 radical (unpaired) electrons. The van der Waals surface area contributed by atoms with E-state index in [4.69, 9.17) is 9.47 Å². The third-order valence-electron chi connectivity index (χ3n) is 3.11. The molecule has 0 bridgehead atoms. The van der Waals surface area contributed by atoms with E-state index in [1.165, 1.54) is 0 Å². The van der Waals surface area contributed by atoms with Gasteiger partial charge in [0.25, 0.3) is 0 Å². The monoisotopic (exact) mass is 294 g/mol. The summed E-state index contributed by atoms with van der Waals surface area (Å²) >= 11 is 0. The van der Waals surface area contributed by atoms with Gasteiger partial charge in [-0.15, -0.1) is 0 Å². The fraction of sp³-hybridized carbons (Fsp3) is 0.533. The van der Waals surface area contributed by atoms with Crippen molar-refractivity contribution in [2.45, 2.75) is 26.3 Å². The fourth-order valence-corrected chi connectivity index (χ4v) is 2.22. The van der Waals surface area contributed by atoms with Gasteiger partial charge >= 0.3 is 6.03 Å². The summed E-state index contributed by atoms with van der Waals surface area (Å²) in [6, 6.07) is 4.66. The summed E-state index contributed by atoms with van der Waals surface area (Å²) in [4.78, 5) is 11.9. The van der Waals surface area contributed by atoms with Gasteiger partial charge in [0.2, 0.25) is 0 Å². The van der Waals surface area contributed by atoms with Crippen LogP contribution in [0.1, 0.15) is 20.3 Å². The average Bonchev–Trinajstić information content (AvgIpc) is 2.45. The van der Waals surface area contributed by atoms with Crippen molar-refractivity contribution in [3.63, 3.8) is 0 Å². The molecule has 116 valence electrons. The molecule has 21 heavy (non-hydrogen) atoms. The number of urea groups is 1. The first-order valence-electron chi connectivity index (χ1n) is 7.16. The number of aliphatic hydroxyl groups is 1. The van der Waals surface area contributed by atoms with Crippen LogP contribution in [-0.2, 0) is 0 Å². The summed E-state index contributed by atoms with van der Waals surface area (Å²) in [5.41, 5.74) is 0.623. The maximum absolute atomic E-state index is 11.9. The van der Waals surface area contributed by atoms with Crippen LogP contribution in [0.5, 0.6) is 11.5 Å². The number of rotatable bonds is 5. The molecule has 3 N–H and O–H groups in total. The Bertz CT molecular complexity index is 491. The topological polar surface area (TPSA) is 79.8 Å². The third-order valence-corrected chi connectivity index (χ3v) is 3.11. The lowest BCUT2D eigenvalue weighted by atomic mass is 10.0. The predicted molar refractivity (Wildman–Crippen MR) is 79.9 cm³/mol. The van der Waals surface area contributed by atoms with Gasteiger partial charge in [-0.2, -0.15) is 0 Å². The zero-order chi connectivity index (χ0) is 15.2. The van der Waals surface area contributed by atoms with Gasteiger partial charge in [0, 0.05) is 11.8 Å². The second kappa shape index (κ2) is 7.17. The number of carbonyl (C=O) groups excluding carboxylic acids is 1. The van der Waals surface area contributed by atoms with Gasteiger partial charge in [-0.05, 0) is 24.5 Å². The highest BCUT2D eigenvalue weighted by Gasteiger charge is 2.15. The number of amides is 2. The van der Waals surface area contributed by atoms with Crippen LogP contribution < -0.4 is 20.1 Å². The SMILES string of the molecule is CC(C)CC(CO)NC(=O)Nc1ccc2c(c1)OCCO2. The Hall–Kier alpha value is -1.95. The van der Waals surface area contributed by atoms with Crippen LogP contribution in [0.15, 0.2) is 18.2 Å². The van der Waals surface area contributed by atoms with Gasteiger partial charge in [-0.1, -0.05) is 13.8 Å². The highest BCUT2D eigenvalue weighted by atomic mass is 16.6. The molecule has 6 heteroatoms. The zero-order valence-corrected chi connectivity index (χ0v) is 12.4. The van der Waals surface area contributed by atoms with Gasteiger partial charge in [-0.3, -0.25) is 0 Å². The van der Waals surface area contributed by atoms with Crippen molar-refractivity contribution in [2.75, 3.05) is 25.1 Å². The first kappa shape index (κ1) is 15.4. The van der Waals surface area contributed by atoms with Gasteiger partial charge in [-0.25, -0.2) is 4.79 Å². The second-order valence-corrected chi connectivity index (χ2v) is 5.47. The van der Waals surface area contributed by atoms with Crippen LogP contribution in [-0.4, -0.2) is 37.0 Å². The van der Waals surface area contributed by atoms with Gasteiger partial charge in [0.1, 0.15) is 13.2 Å². The van der Waals surface area contributed by atoms with Crippen LogP contribution in [0, 0.1) is 5.92 Å². The van der Waals surface area contributed by atoms with Crippen molar-refractivity contribution in [1.29, 1.82) is 0 Å². The molecule has 1 unspecified atom stereocenters. The second-order valence-electron chi connectivity index (χ2n) is 5.47. The molecule has 0 fully saturated rings. The van der Waals surface area contributed by atoms with Crippen LogP contribution in [0.4, 0.5) is 10.5 Å². The van der Waals surface area contributed by atoms with Gasteiger partial charge in [0.05, 0.1) is 12.6 Å². The number of hydrogen-bond acceptors (Lipinski definition) is 4. The first-order chi connectivity index (χ1) is 10.1. The van der Waals surface area contributed by atoms with Crippen molar-refractivity contribution < 1.29 is 19.4 Å². The molecule has 0 aliphatic carbocycles. The molecule has 1 aliphatic heterocycles. The highest BCUT2D eigenvalue weighted by Crippen LogP contribution is 2.32. The standard InChI is InChI=1S/C15H22N2O4/c1-10(2)7-12(9-18)17-15(19)16-11-3-4-13-14(8-11)21-6-5-20-13/h3-4,8,10,12,18H,5-7,9H2,1-2H3,(H2,16,17,19). The average molecular weight is 294 g/mol. The maximum Gasteiger partial charge on any atom is 0.319 e. The first-order valence-corrected chi connectivity index (χ1v) is 7.16. The molecule has 6 nitrogen and oxygen atoms in total. The Labute approximate surface area is 124 Å². The van der Waals surface area contributed by atoms with Crippen molar-refractivity contribution >= 4 is 11.7 Å². The van der Waals surface area contributed by atoms with Crippen LogP contribution in [0.25, 0.3) is 0 Å². The lowest BCUT2D eigenvalue weighted by molar-refractivity contribution is 0.171. The molecule has 1 aromatic carbocycles. The minimum absolute atomic E-state index is 0.0766. The molecule has 1 atom stereocenters. The molecule has 0 saturated carbocycles. The normalized spacial score (nSPS) is 14.7. The van der Waals surface area contributed by atoms with Crippen LogP contribution in [0.2, 0.25) is 0 Å². The van der Waals surface area contributed by atoms with E-state index >= 15 is 0 Å². The molecule has 0 aromatic heterocycles. The summed E-state index contributed by atoms with van der Waals surface area (Å²) in [5.74, 6) is 1.71. The number of nitrogens with one attached hydrogen (secondary N) is 2. The van der Waals surface area contributed by atoms with E-state index in [0.29, 0.717) is 36.3 Å². The number of fused-ring (bicyclic) bond motifs is 1. The smallest absolute Gasteiger partial charge is 0.319 e. The van der Waals surface area contributed by atoms with Crippen molar-refractivity contribution in [3.8, 4) is 11.5 Å². The Morgan fingerprint density at radius 3 is 2.67 bits per heavy atom. The predicted octanol–water partition coefficient (Wildman–Crippen LogP) is 1.99. The zero-order valence-electron chi connectivity index (χ0n) is 12.4. The van der Waals surface area contributed by atoms with Gasteiger partial charge in [0.15, 0.2) is 11.5 Å². The Morgan fingerprint density at radius 2 is 2.00 bits per heavy atom. The van der Waals surface area contributed by atoms with Crippen molar-refractivity contribution in [1.82, 2.24) is 5.32 Å². The van der Waals surface area contributed by atoms with Crippen molar-refractivity contribution in [2.24, 2.45) is 5.92 Å². The highest BCUT2D eigenvalue weighted by molar-refractivity contribution is 5.89. The minimum atomic E-state index is -0.341. The van der Waals surface area contributed by atoms with Crippen molar-refractivity contribution in [3.05, 3.63) is 18.2 Å². The Kier molecular flexibility index (Phi) is 5.27. The Morgan fingerprint density at radius 1 is 1.29 bits per heavy atom. The largest absolute Gasteiger partial charge is 0.486 e. The van der Waals surface area contributed by atoms with E-state index < -0.39 is 0 Å². The summed E-state index contributed by atoms with van der Waals surface area (Å²) in [6.45, 7) is 5.05. The number of benzene rings is 1. The van der Waals surface area contributed by atoms with Crippen LogP contribution in [0.3, 0.4) is 0 Å². The lowest BCUT2D eigenvalue weighted by Gasteiger charge is -2.20. The summed E-state index contributed by atoms with van der Waals surface area (Å²) < 4.78 is 10.9. The van der Waals surface area contributed by atoms with E-state index in [0.717, 1.165) is 6.42 Å². The van der Waals surface area contributed by atoms with Crippen LogP contribution >= 0.6 is 0 Å². The van der Waals surface area contributed by atoms with E-state index in [9.17, 15) is 9.90 Å². The molecule has 2 amide bonds. The number of carbonyl (C=O) groups is 1. The number of aliphatic hydroxyl groups excluding tert-OH is 1. The van der Waals surface area contributed by atoms with Gasteiger partial charge < -0.3 is 25.2 Å². The van der Waals surface area contributed by atoms with E-state index in [-0.39, 0.29) is 18.7 Å². The van der Waals surface area contributed by atoms with E-state index in [1.807, 2.05) is 13.8 Å². The molecular formula is C15H22N2O4. The molecule has 0 saturated heterocycles. The summed E-state index contributed by atoms with van der Waals surface area (Å²) in [7, 11) is 0. The quantitative estimate of drug-likeness (QED) is 0.776.